The van der Waals surface area contributed by atoms with E-state index in [9.17, 15) is 9.59 Å². The van der Waals surface area contributed by atoms with Gasteiger partial charge in [-0.1, -0.05) is 65.2 Å². The van der Waals surface area contributed by atoms with Crippen molar-refractivity contribution in [2.45, 2.75) is 99.5 Å². The monoisotopic (exact) mass is 571 g/mol. The maximum atomic E-state index is 12.3. The van der Waals surface area contributed by atoms with E-state index in [1.165, 1.54) is 50.8 Å². The molecule has 4 aromatic rings. The van der Waals surface area contributed by atoms with Crippen LogP contribution in [0.2, 0.25) is 0 Å². The molecule has 1 aromatic carbocycles. The van der Waals surface area contributed by atoms with E-state index in [4.69, 9.17) is 0 Å². The van der Waals surface area contributed by atoms with Crippen LogP contribution in [0.5, 0.6) is 0 Å². The zero-order chi connectivity index (χ0) is 31.1. The third-order valence-corrected chi connectivity index (χ3v) is 6.51. The minimum Gasteiger partial charge on any atom is -0.368 e. The molecule has 0 bridgehead atoms. The number of nitrogens with zero attached hydrogens (tertiary/aromatic N) is 3. The molecule has 4 rings (SSSR count). The highest BCUT2D eigenvalue weighted by atomic mass is 16.1. The van der Waals surface area contributed by atoms with Crippen molar-refractivity contribution >= 4 is 28.8 Å². The molecule has 0 unspecified atom stereocenters. The van der Waals surface area contributed by atoms with Gasteiger partial charge in [-0.3, -0.25) is 9.59 Å². The van der Waals surface area contributed by atoms with Crippen molar-refractivity contribution in [1.82, 2.24) is 14.4 Å². The fraction of sp³-hybridized carbons (Fsp3) is 0.429. The molecule has 0 radical (unpaired) electrons. The van der Waals surface area contributed by atoms with E-state index in [1.807, 2.05) is 39.2 Å². The molecule has 0 aliphatic carbocycles. The Morgan fingerprint density at radius 3 is 2.14 bits per heavy atom. The summed E-state index contributed by atoms with van der Waals surface area (Å²) in [5.41, 5.74) is 5.05. The Balaban J connectivity index is 0.000000282. The number of Topliss-reactive ketones (excluding diaryl/α,β-unsaturated/α-hetero) is 1. The number of anilines is 2. The number of amides is 1. The number of hydrogen-bond donors (Lipinski definition) is 2. The number of aryl methyl sites for hydroxylation is 1. The fourth-order valence-corrected chi connectivity index (χ4v) is 4.43. The summed E-state index contributed by atoms with van der Waals surface area (Å²) in [6, 6.07) is 13.4. The van der Waals surface area contributed by atoms with Gasteiger partial charge in [0, 0.05) is 42.1 Å². The number of benzene rings is 1. The predicted molar refractivity (Wildman–Crippen MR) is 176 cm³/mol. The maximum Gasteiger partial charge on any atom is 0.257 e. The summed E-state index contributed by atoms with van der Waals surface area (Å²) in [7, 11) is 0. The smallest absolute Gasteiger partial charge is 0.257 e. The number of nitrogens with one attached hydrogen (secondary N) is 2. The van der Waals surface area contributed by atoms with Crippen molar-refractivity contribution in [3.05, 3.63) is 89.5 Å². The number of carbonyl (C=O) groups excluding carboxylic acids is 2. The van der Waals surface area contributed by atoms with Gasteiger partial charge in [-0.25, -0.2) is 9.97 Å². The Labute approximate surface area is 252 Å². The molecule has 0 aliphatic heterocycles. The molecule has 0 fully saturated rings. The van der Waals surface area contributed by atoms with Crippen LogP contribution in [0.1, 0.15) is 118 Å². The lowest BCUT2D eigenvalue weighted by Gasteiger charge is -2.15. The quantitative estimate of drug-likeness (QED) is 0.185. The zero-order valence-corrected chi connectivity index (χ0v) is 26.7. The molecule has 0 saturated carbocycles. The minimum absolute atomic E-state index is 0.0359. The van der Waals surface area contributed by atoms with Crippen molar-refractivity contribution in [2.75, 3.05) is 10.6 Å². The number of aromatic nitrogens is 3. The van der Waals surface area contributed by atoms with Crippen molar-refractivity contribution < 1.29 is 9.59 Å². The van der Waals surface area contributed by atoms with Crippen LogP contribution >= 0.6 is 0 Å². The van der Waals surface area contributed by atoms with Gasteiger partial charge in [0.05, 0.1) is 5.56 Å². The van der Waals surface area contributed by atoms with Crippen LogP contribution in [-0.4, -0.2) is 32.1 Å². The van der Waals surface area contributed by atoms with Crippen LogP contribution in [0.3, 0.4) is 0 Å². The number of carbonyl (C=O) groups is 2. The summed E-state index contributed by atoms with van der Waals surface area (Å²) in [6.07, 6.45) is 14.0. The molecule has 1 amide bonds. The lowest BCUT2D eigenvalue weighted by molar-refractivity contribution is 0.101. The van der Waals surface area contributed by atoms with E-state index >= 15 is 0 Å². The lowest BCUT2D eigenvalue weighted by atomic mass is 9.91. The molecule has 3 aromatic heterocycles. The highest BCUT2D eigenvalue weighted by Crippen LogP contribution is 2.26. The Morgan fingerprint density at radius 1 is 0.905 bits per heavy atom. The fourth-order valence-electron chi connectivity index (χ4n) is 4.43. The molecule has 7 heteroatoms. The van der Waals surface area contributed by atoms with Crippen LogP contribution in [0.25, 0.3) is 5.65 Å². The second kappa shape index (κ2) is 17.7. The number of hydrogen-bond acceptors (Lipinski definition) is 5. The van der Waals surface area contributed by atoms with Gasteiger partial charge >= 0.3 is 0 Å². The Hall–Kier alpha value is -4.00. The first-order valence-corrected chi connectivity index (χ1v) is 15.2. The third-order valence-electron chi connectivity index (χ3n) is 6.51. The Bertz CT molecular complexity index is 1390. The van der Waals surface area contributed by atoms with Crippen molar-refractivity contribution in [2.24, 2.45) is 0 Å². The molecule has 0 atom stereocenters. The molecule has 0 aliphatic rings. The molecule has 7 nitrogen and oxygen atoms in total. The normalized spacial score (nSPS) is 10.5. The van der Waals surface area contributed by atoms with Crippen molar-refractivity contribution in [3.63, 3.8) is 0 Å². The minimum atomic E-state index is -0.252. The van der Waals surface area contributed by atoms with Crippen LogP contribution in [-0.2, 0) is 0 Å². The Morgan fingerprint density at radius 2 is 1.57 bits per heavy atom. The van der Waals surface area contributed by atoms with Gasteiger partial charge in [-0.05, 0) is 81.8 Å². The van der Waals surface area contributed by atoms with Gasteiger partial charge in [0.25, 0.3) is 5.91 Å². The van der Waals surface area contributed by atoms with E-state index in [1.54, 1.807) is 24.3 Å². The molecule has 3 heterocycles. The number of pyridine rings is 2. The van der Waals surface area contributed by atoms with Crippen LogP contribution in [0, 0.1) is 6.92 Å². The number of fused-ring (bicyclic) bond motifs is 1. The lowest BCUT2D eigenvalue weighted by Crippen LogP contribution is -2.15. The molecule has 42 heavy (non-hydrogen) atoms. The van der Waals surface area contributed by atoms with Gasteiger partial charge in [-0.2, -0.15) is 0 Å². The van der Waals surface area contributed by atoms with Gasteiger partial charge in [0.1, 0.15) is 11.5 Å². The SMILES string of the molecule is CC(=O)c1ccc(C)c(NC(=O)c2ccc(NC(C)C)nc2)c1.CCC.CCCC(CCC)c1ccc2nccn2c1. The summed E-state index contributed by atoms with van der Waals surface area (Å²) in [5, 5.41) is 6.00. The molecule has 0 spiro atoms. The van der Waals surface area contributed by atoms with Gasteiger partial charge in [0.15, 0.2) is 5.78 Å². The first-order chi connectivity index (χ1) is 20.1. The van der Waals surface area contributed by atoms with Crippen LogP contribution < -0.4 is 10.6 Å². The van der Waals surface area contributed by atoms with E-state index in [0.29, 0.717) is 22.7 Å². The summed E-state index contributed by atoms with van der Waals surface area (Å²) in [4.78, 5) is 32.3. The summed E-state index contributed by atoms with van der Waals surface area (Å²) < 4.78 is 2.12. The largest absolute Gasteiger partial charge is 0.368 e. The van der Waals surface area contributed by atoms with Gasteiger partial charge in [0.2, 0.25) is 0 Å². The number of imidazole rings is 1. The summed E-state index contributed by atoms with van der Waals surface area (Å²) in [5.74, 6) is 1.15. The molecular formula is C35H49N5O2. The average molecular weight is 572 g/mol. The second-order valence-electron chi connectivity index (χ2n) is 10.9. The zero-order valence-electron chi connectivity index (χ0n) is 26.7. The first kappa shape index (κ1) is 34.2. The summed E-state index contributed by atoms with van der Waals surface area (Å²) >= 11 is 0. The number of ketones is 1. The summed E-state index contributed by atoms with van der Waals surface area (Å²) in [6.45, 7) is 16.2. The number of rotatable bonds is 10. The maximum absolute atomic E-state index is 12.3. The van der Waals surface area contributed by atoms with E-state index in [0.717, 1.165) is 17.0 Å². The third kappa shape index (κ3) is 10.8. The second-order valence-corrected chi connectivity index (χ2v) is 10.9. The molecular weight excluding hydrogens is 522 g/mol. The molecule has 2 N–H and O–H groups in total. The first-order valence-electron chi connectivity index (χ1n) is 15.2. The van der Waals surface area contributed by atoms with Crippen molar-refractivity contribution in [3.8, 4) is 0 Å². The van der Waals surface area contributed by atoms with E-state index < -0.39 is 0 Å². The van der Waals surface area contributed by atoms with E-state index in [-0.39, 0.29) is 17.7 Å². The van der Waals surface area contributed by atoms with Crippen LogP contribution in [0.15, 0.2) is 67.3 Å². The molecule has 0 saturated heterocycles. The highest BCUT2D eigenvalue weighted by molar-refractivity contribution is 6.05. The Kier molecular flexibility index (Phi) is 14.4. The van der Waals surface area contributed by atoms with Gasteiger partial charge in [-0.15, -0.1) is 0 Å². The highest BCUT2D eigenvalue weighted by Gasteiger charge is 2.11. The van der Waals surface area contributed by atoms with Crippen molar-refractivity contribution in [1.29, 1.82) is 0 Å². The average Bonchev–Trinajstić information content (AvgIpc) is 3.43. The predicted octanol–water partition coefficient (Wildman–Crippen LogP) is 9.10. The molecule has 226 valence electrons. The topological polar surface area (TPSA) is 88.4 Å². The standard InChI is InChI=1S/C18H21N3O2.C14H20N2.C3H8/c1-11(2)20-17-8-7-15(10-19-17)18(23)21-16-9-14(13(4)22)6-5-12(16)3;1-3-5-12(6-4-2)13-7-8-14-15-9-10-16(14)11-13;1-3-2/h5-11H,1-4H3,(H,19,20)(H,21,23);7-12H,3-6H2,1-2H3;3H2,1-2H3. The van der Waals surface area contributed by atoms with Gasteiger partial charge < -0.3 is 15.0 Å². The van der Waals surface area contributed by atoms with E-state index in [2.05, 4.69) is 71.0 Å². The van der Waals surface area contributed by atoms with Crippen LogP contribution in [0.4, 0.5) is 11.5 Å².